The lowest BCUT2D eigenvalue weighted by atomic mass is 10.2. The van der Waals surface area contributed by atoms with Gasteiger partial charge in [-0.15, -0.1) is 0 Å². The van der Waals surface area contributed by atoms with E-state index in [4.69, 9.17) is 11.6 Å². The van der Waals surface area contributed by atoms with Crippen LogP contribution in [0.4, 0.5) is 5.95 Å². The molecule has 0 N–H and O–H groups in total. The molecule has 1 saturated heterocycles. The zero-order valence-electron chi connectivity index (χ0n) is 13.0. The predicted octanol–water partition coefficient (Wildman–Crippen LogP) is 2.46. The van der Waals surface area contributed by atoms with Gasteiger partial charge in [0.25, 0.3) is 0 Å². The summed E-state index contributed by atoms with van der Waals surface area (Å²) in [5, 5.41) is 0.681. The standard InChI is InChI=1S/C16H20ClN5/c1-12-9-19-16(20-13(12)2)22-7-5-21(6-8-22)11-15-4-3-14(17)10-18-15/h3-4,9-10H,5-8,11H2,1-2H3. The van der Waals surface area contributed by atoms with Gasteiger partial charge in [0.15, 0.2) is 0 Å². The van der Waals surface area contributed by atoms with Gasteiger partial charge in [0.1, 0.15) is 0 Å². The third kappa shape index (κ3) is 3.54. The molecule has 2 aromatic heterocycles. The van der Waals surface area contributed by atoms with Crippen LogP contribution >= 0.6 is 11.6 Å². The van der Waals surface area contributed by atoms with Crippen LogP contribution in [0.15, 0.2) is 24.5 Å². The summed E-state index contributed by atoms with van der Waals surface area (Å²) >= 11 is 5.87. The summed E-state index contributed by atoms with van der Waals surface area (Å²) in [6.45, 7) is 8.78. The Balaban J connectivity index is 1.57. The average molecular weight is 318 g/mol. The van der Waals surface area contributed by atoms with Crippen molar-refractivity contribution in [2.75, 3.05) is 31.1 Å². The molecule has 0 radical (unpaired) electrons. The smallest absolute Gasteiger partial charge is 0.225 e. The fourth-order valence-corrected chi connectivity index (χ4v) is 2.61. The van der Waals surface area contributed by atoms with E-state index >= 15 is 0 Å². The number of nitrogens with zero attached hydrogens (tertiary/aromatic N) is 5. The number of rotatable bonds is 3. The van der Waals surface area contributed by atoms with Crippen molar-refractivity contribution in [2.24, 2.45) is 0 Å². The van der Waals surface area contributed by atoms with E-state index in [1.807, 2.05) is 32.2 Å². The van der Waals surface area contributed by atoms with Crippen molar-refractivity contribution in [2.45, 2.75) is 20.4 Å². The van der Waals surface area contributed by atoms with Gasteiger partial charge in [-0.3, -0.25) is 9.88 Å². The topological polar surface area (TPSA) is 45.2 Å². The second-order valence-corrected chi connectivity index (χ2v) is 6.11. The Kier molecular flexibility index (Phi) is 4.55. The van der Waals surface area contributed by atoms with E-state index in [1.165, 1.54) is 0 Å². The fraction of sp³-hybridized carbons (Fsp3) is 0.438. The Morgan fingerprint density at radius 2 is 1.82 bits per heavy atom. The third-order valence-corrected chi connectivity index (χ3v) is 4.27. The number of aryl methyl sites for hydroxylation is 2. The van der Waals surface area contributed by atoms with Gasteiger partial charge in [0.2, 0.25) is 5.95 Å². The van der Waals surface area contributed by atoms with E-state index in [9.17, 15) is 0 Å². The van der Waals surface area contributed by atoms with Gasteiger partial charge in [-0.05, 0) is 31.5 Å². The molecule has 116 valence electrons. The monoisotopic (exact) mass is 317 g/mol. The third-order valence-electron chi connectivity index (χ3n) is 4.04. The van der Waals surface area contributed by atoms with Crippen LogP contribution in [-0.4, -0.2) is 46.0 Å². The highest BCUT2D eigenvalue weighted by Crippen LogP contribution is 2.15. The van der Waals surface area contributed by atoms with Crippen LogP contribution in [0.5, 0.6) is 0 Å². The molecule has 0 aliphatic carbocycles. The lowest BCUT2D eigenvalue weighted by Gasteiger charge is -2.34. The summed E-state index contributed by atoms with van der Waals surface area (Å²) in [5.41, 5.74) is 3.24. The van der Waals surface area contributed by atoms with Gasteiger partial charge < -0.3 is 4.90 Å². The van der Waals surface area contributed by atoms with E-state index in [1.54, 1.807) is 6.20 Å². The number of anilines is 1. The fourth-order valence-electron chi connectivity index (χ4n) is 2.50. The van der Waals surface area contributed by atoms with Crippen molar-refractivity contribution < 1.29 is 0 Å². The van der Waals surface area contributed by atoms with Crippen molar-refractivity contribution in [3.63, 3.8) is 0 Å². The first-order valence-corrected chi connectivity index (χ1v) is 7.87. The van der Waals surface area contributed by atoms with Gasteiger partial charge in [-0.25, -0.2) is 9.97 Å². The average Bonchev–Trinajstić information content (AvgIpc) is 2.53. The van der Waals surface area contributed by atoms with E-state index < -0.39 is 0 Å². The molecule has 5 nitrogen and oxygen atoms in total. The van der Waals surface area contributed by atoms with E-state index in [-0.39, 0.29) is 0 Å². The molecule has 1 aliphatic rings. The summed E-state index contributed by atoms with van der Waals surface area (Å²) in [6.07, 6.45) is 3.61. The molecular weight excluding hydrogens is 298 g/mol. The maximum Gasteiger partial charge on any atom is 0.225 e. The first kappa shape index (κ1) is 15.2. The summed E-state index contributed by atoms with van der Waals surface area (Å²) in [7, 11) is 0. The highest BCUT2D eigenvalue weighted by atomic mass is 35.5. The molecule has 0 bridgehead atoms. The van der Waals surface area contributed by atoms with Crippen LogP contribution in [0.1, 0.15) is 17.0 Å². The number of hydrogen-bond acceptors (Lipinski definition) is 5. The lowest BCUT2D eigenvalue weighted by Crippen LogP contribution is -2.46. The normalized spacial score (nSPS) is 16.0. The summed E-state index contributed by atoms with van der Waals surface area (Å²) in [6, 6.07) is 3.88. The van der Waals surface area contributed by atoms with Gasteiger partial charge in [0.05, 0.1) is 10.7 Å². The molecule has 3 heterocycles. The summed E-state index contributed by atoms with van der Waals surface area (Å²) in [4.78, 5) is 18.0. The molecule has 1 fully saturated rings. The van der Waals surface area contributed by atoms with E-state index in [2.05, 4.69) is 24.8 Å². The Bertz CT molecular complexity index is 635. The number of aromatic nitrogens is 3. The number of piperazine rings is 1. The second kappa shape index (κ2) is 6.58. The van der Waals surface area contributed by atoms with Crippen molar-refractivity contribution >= 4 is 17.5 Å². The Hall–Kier alpha value is -1.72. The molecule has 2 aromatic rings. The highest BCUT2D eigenvalue weighted by molar-refractivity contribution is 6.30. The zero-order chi connectivity index (χ0) is 15.5. The Morgan fingerprint density at radius 1 is 1.05 bits per heavy atom. The van der Waals surface area contributed by atoms with E-state index in [0.717, 1.165) is 55.6 Å². The molecule has 3 rings (SSSR count). The summed E-state index contributed by atoms with van der Waals surface area (Å²) in [5.74, 6) is 0.840. The van der Waals surface area contributed by atoms with Crippen LogP contribution in [0.3, 0.4) is 0 Å². The molecule has 0 aromatic carbocycles. The van der Waals surface area contributed by atoms with Gasteiger partial charge >= 0.3 is 0 Å². The van der Waals surface area contributed by atoms with Crippen LogP contribution < -0.4 is 4.90 Å². The Morgan fingerprint density at radius 3 is 2.45 bits per heavy atom. The quantitative estimate of drug-likeness (QED) is 0.870. The van der Waals surface area contributed by atoms with Crippen LogP contribution in [-0.2, 0) is 6.54 Å². The minimum atomic E-state index is 0.681. The van der Waals surface area contributed by atoms with Crippen LogP contribution in [0.25, 0.3) is 0 Å². The minimum Gasteiger partial charge on any atom is -0.338 e. The van der Waals surface area contributed by atoms with Crippen LogP contribution in [0.2, 0.25) is 5.02 Å². The number of halogens is 1. The SMILES string of the molecule is Cc1cnc(N2CCN(Cc3ccc(Cl)cn3)CC2)nc1C. The minimum absolute atomic E-state index is 0.681. The lowest BCUT2D eigenvalue weighted by molar-refractivity contribution is 0.246. The van der Waals surface area contributed by atoms with E-state index in [0.29, 0.717) is 5.02 Å². The molecule has 22 heavy (non-hydrogen) atoms. The van der Waals surface area contributed by atoms with Crippen LogP contribution in [0, 0.1) is 13.8 Å². The molecule has 1 aliphatic heterocycles. The van der Waals surface area contributed by atoms with Gasteiger partial charge in [0, 0.05) is 50.8 Å². The molecular formula is C16H20ClN5. The summed E-state index contributed by atoms with van der Waals surface area (Å²) < 4.78 is 0. The number of pyridine rings is 1. The molecule has 6 heteroatoms. The van der Waals surface area contributed by atoms with Gasteiger partial charge in [-0.1, -0.05) is 11.6 Å². The van der Waals surface area contributed by atoms with Gasteiger partial charge in [-0.2, -0.15) is 0 Å². The predicted molar refractivity (Wildman–Crippen MR) is 88.2 cm³/mol. The van der Waals surface area contributed by atoms with Crippen molar-refractivity contribution in [3.8, 4) is 0 Å². The number of hydrogen-bond donors (Lipinski definition) is 0. The maximum atomic E-state index is 5.87. The largest absolute Gasteiger partial charge is 0.338 e. The zero-order valence-corrected chi connectivity index (χ0v) is 13.7. The highest BCUT2D eigenvalue weighted by Gasteiger charge is 2.19. The van der Waals surface area contributed by atoms with Crippen molar-refractivity contribution in [1.82, 2.24) is 19.9 Å². The Labute approximate surface area is 136 Å². The first-order valence-electron chi connectivity index (χ1n) is 7.50. The maximum absolute atomic E-state index is 5.87. The molecule has 0 spiro atoms. The second-order valence-electron chi connectivity index (χ2n) is 5.67. The first-order chi connectivity index (χ1) is 10.6. The van der Waals surface area contributed by atoms with Crippen molar-refractivity contribution in [1.29, 1.82) is 0 Å². The van der Waals surface area contributed by atoms with Crippen molar-refractivity contribution in [3.05, 3.63) is 46.5 Å². The molecule has 0 saturated carbocycles. The molecule has 0 unspecified atom stereocenters. The molecule has 0 atom stereocenters. The molecule has 0 amide bonds.